The first kappa shape index (κ1) is 26.0. The number of alkyl carbamates (subject to hydrolysis) is 1. The summed E-state index contributed by atoms with van der Waals surface area (Å²) in [7, 11) is 1.13. The first-order chi connectivity index (χ1) is 17.3. The number of hydrogen-bond donors (Lipinski definition) is 5. The van der Waals surface area contributed by atoms with Gasteiger partial charge in [-0.05, 0) is 22.3 Å². The molecule has 194 valence electrons. The lowest BCUT2D eigenvalue weighted by Crippen LogP contribution is -2.59. The van der Waals surface area contributed by atoms with Crippen LogP contribution >= 0.6 is 0 Å². The molecule has 0 radical (unpaired) electrons. The van der Waals surface area contributed by atoms with Crippen molar-refractivity contribution in [2.45, 2.75) is 42.7 Å². The molecule has 11 nitrogen and oxygen atoms in total. The molecule has 1 saturated heterocycles. The van der Waals surface area contributed by atoms with Crippen LogP contribution in [0.5, 0.6) is 0 Å². The number of aliphatic hydroxyl groups is 4. The zero-order chi connectivity index (χ0) is 25.8. The van der Waals surface area contributed by atoms with Gasteiger partial charge in [-0.1, -0.05) is 48.5 Å². The standard InChI is InChI=1S/C25H29NO10/c1-33-23(31)18(12-34-24-22(30)21(29)20(28)19(10-27)36-24)26-25(32)35-11-17-15-8-4-2-6-13(15)14-7-3-5-9-16(14)17/h2-9,17-22,24,27-30H,10-12H2,1H3,(H,26,32)/t18-,19+,20+,21-,22-,24-/m0/s1. The van der Waals surface area contributed by atoms with Gasteiger partial charge < -0.3 is 44.7 Å². The minimum Gasteiger partial charge on any atom is -0.467 e. The average Bonchev–Trinajstić information content (AvgIpc) is 3.22. The Morgan fingerprint density at radius 3 is 2.17 bits per heavy atom. The molecule has 5 N–H and O–H groups in total. The summed E-state index contributed by atoms with van der Waals surface area (Å²) in [5, 5.41) is 41.6. The molecule has 36 heavy (non-hydrogen) atoms. The number of methoxy groups -OCH3 is 1. The van der Waals surface area contributed by atoms with Gasteiger partial charge in [-0.2, -0.15) is 0 Å². The number of fused-ring (bicyclic) bond motifs is 3. The number of carbonyl (C=O) groups is 2. The van der Waals surface area contributed by atoms with Gasteiger partial charge in [0, 0.05) is 5.92 Å². The van der Waals surface area contributed by atoms with E-state index in [1.54, 1.807) is 0 Å². The summed E-state index contributed by atoms with van der Waals surface area (Å²) in [6.07, 6.45) is -8.40. The third kappa shape index (κ3) is 5.21. The molecule has 0 saturated carbocycles. The predicted molar refractivity (Wildman–Crippen MR) is 124 cm³/mol. The van der Waals surface area contributed by atoms with Crippen LogP contribution in [0.1, 0.15) is 17.0 Å². The van der Waals surface area contributed by atoms with Crippen molar-refractivity contribution in [3.05, 3.63) is 59.7 Å². The largest absolute Gasteiger partial charge is 0.467 e. The molecule has 0 aromatic heterocycles. The van der Waals surface area contributed by atoms with E-state index >= 15 is 0 Å². The molecular weight excluding hydrogens is 474 g/mol. The van der Waals surface area contributed by atoms with Gasteiger partial charge in [-0.25, -0.2) is 9.59 Å². The van der Waals surface area contributed by atoms with Gasteiger partial charge in [0.2, 0.25) is 0 Å². The third-order valence-corrected chi connectivity index (χ3v) is 6.40. The van der Waals surface area contributed by atoms with Crippen molar-refractivity contribution >= 4 is 12.1 Å². The Kier molecular flexibility index (Phi) is 8.19. The van der Waals surface area contributed by atoms with E-state index in [4.69, 9.17) is 18.9 Å². The molecular formula is C25H29NO10. The molecule has 0 bridgehead atoms. The molecule has 1 aliphatic carbocycles. The number of rotatable bonds is 8. The van der Waals surface area contributed by atoms with E-state index in [0.717, 1.165) is 29.4 Å². The van der Waals surface area contributed by atoms with E-state index in [9.17, 15) is 30.0 Å². The highest BCUT2D eigenvalue weighted by Crippen LogP contribution is 2.44. The zero-order valence-electron chi connectivity index (χ0n) is 19.5. The van der Waals surface area contributed by atoms with Crippen molar-refractivity contribution < 1.29 is 49.0 Å². The lowest BCUT2D eigenvalue weighted by molar-refractivity contribution is -0.301. The number of hydrogen-bond acceptors (Lipinski definition) is 10. The smallest absolute Gasteiger partial charge is 0.407 e. The highest BCUT2D eigenvalue weighted by Gasteiger charge is 2.44. The van der Waals surface area contributed by atoms with Gasteiger partial charge in [0.25, 0.3) is 0 Å². The molecule has 2 aromatic rings. The van der Waals surface area contributed by atoms with Crippen molar-refractivity contribution in [1.29, 1.82) is 0 Å². The van der Waals surface area contributed by atoms with E-state index in [-0.39, 0.29) is 12.5 Å². The normalized spacial score (nSPS) is 26.0. The Bertz CT molecular complexity index is 1030. The highest BCUT2D eigenvalue weighted by atomic mass is 16.7. The van der Waals surface area contributed by atoms with Gasteiger partial charge >= 0.3 is 12.1 Å². The van der Waals surface area contributed by atoms with Crippen molar-refractivity contribution in [2.24, 2.45) is 0 Å². The summed E-state index contributed by atoms with van der Waals surface area (Å²) in [5.41, 5.74) is 4.20. The molecule has 11 heteroatoms. The topological polar surface area (TPSA) is 164 Å². The quantitative estimate of drug-likeness (QED) is 0.307. The minimum absolute atomic E-state index is 0.0291. The SMILES string of the molecule is COC(=O)[C@H](CO[C@H]1O[C@H](CO)[C@@H](O)[C@H](O)[C@@H]1O)NC(=O)OCC1c2ccccc2-c2ccccc21. The Morgan fingerprint density at radius 2 is 1.58 bits per heavy atom. The lowest BCUT2D eigenvalue weighted by atomic mass is 9.98. The summed E-state index contributed by atoms with van der Waals surface area (Å²) < 4.78 is 20.8. The Morgan fingerprint density at radius 1 is 0.972 bits per heavy atom. The number of nitrogens with one attached hydrogen (secondary N) is 1. The fourth-order valence-corrected chi connectivity index (χ4v) is 4.49. The van der Waals surface area contributed by atoms with E-state index < -0.39 is 62.0 Å². The molecule has 0 spiro atoms. The summed E-state index contributed by atoms with van der Waals surface area (Å²) in [4.78, 5) is 24.8. The Hall–Kier alpha value is -3.06. The summed E-state index contributed by atoms with van der Waals surface area (Å²) >= 11 is 0. The Balaban J connectivity index is 1.37. The third-order valence-electron chi connectivity index (χ3n) is 6.40. The maximum atomic E-state index is 12.6. The van der Waals surface area contributed by atoms with Crippen LogP contribution in [0.25, 0.3) is 11.1 Å². The van der Waals surface area contributed by atoms with Crippen LogP contribution in [-0.2, 0) is 23.7 Å². The monoisotopic (exact) mass is 503 g/mol. The van der Waals surface area contributed by atoms with E-state index in [1.807, 2.05) is 48.5 Å². The second kappa shape index (κ2) is 11.3. The van der Waals surface area contributed by atoms with Crippen molar-refractivity contribution in [1.82, 2.24) is 5.32 Å². The van der Waals surface area contributed by atoms with E-state index in [1.165, 1.54) is 0 Å². The minimum atomic E-state index is -1.66. The second-order valence-corrected chi connectivity index (χ2v) is 8.58. The van der Waals surface area contributed by atoms with Gasteiger partial charge in [-0.15, -0.1) is 0 Å². The van der Waals surface area contributed by atoms with Crippen LogP contribution in [0.3, 0.4) is 0 Å². The Labute approximate surface area is 207 Å². The first-order valence-electron chi connectivity index (χ1n) is 11.5. The van der Waals surface area contributed by atoms with Crippen LogP contribution in [0, 0.1) is 0 Å². The van der Waals surface area contributed by atoms with Gasteiger partial charge in [0.1, 0.15) is 31.0 Å². The molecule has 0 unspecified atom stereocenters. The van der Waals surface area contributed by atoms with Crippen LogP contribution < -0.4 is 5.32 Å². The molecule has 4 rings (SSSR count). The van der Waals surface area contributed by atoms with Crippen LogP contribution in [0.2, 0.25) is 0 Å². The van der Waals surface area contributed by atoms with Gasteiger partial charge in [0.05, 0.1) is 20.3 Å². The molecule has 6 atom stereocenters. The molecule has 1 fully saturated rings. The maximum absolute atomic E-state index is 12.6. The number of benzene rings is 2. The molecule has 2 aromatic carbocycles. The average molecular weight is 504 g/mol. The molecule has 1 heterocycles. The number of ether oxygens (including phenoxy) is 4. The first-order valence-corrected chi connectivity index (χ1v) is 11.5. The number of amides is 1. The van der Waals surface area contributed by atoms with E-state index in [2.05, 4.69) is 5.32 Å². The van der Waals surface area contributed by atoms with Crippen molar-refractivity contribution in [3.8, 4) is 11.1 Å². The fraction of sp³-hybridized carbons (Fsp3) is 0.440. The fourth-order valence-electron chi connectivity index (χ4n) is 4.49. The van der Waals surface area contributed by atoms with E-state index in [0.29, 0.717) is 0 Å². The highest BCUT2D eigenvalue weighted by molar-refractivity contribution is 5.82. The van der Waals surface area contributed by atoms with Gasteiger partial charge in [-0.3, -0.25) is 0 Å². The molecule has 2 aliphatic rings. The number of carbonyl (C=O) groups excluding carboxylic acids is 2. The maximum Gasteiger partial charge on any atom is 0.407 e. The van der Waals surface area contributed by atoms with Crippen LogP contribution in [0.4, 0.5) is 4.79 Å². The van der Waals surface area contributed by atoms with Crippen LogP contribution in [0.15, 0.2) is 48.5 Å². The molecule has 1 aliphatic heterocycles. The van der Waals surface area contributed by atoms with Crippen molar-refractivity contribution in [3.63, 3.8) is 0 Å². The number of aliphatic hydroxyl groups excluding tert-OH is 4. The summed E-state index contributed by atoms with van der Waals surface area (Å²) in [5.74, 6) is -1.02. The summed E-state index contributed by atoms with van der Waals surface area (Å²) in [6.45, 7) is -1.11. The van der Waals surface area contributed by atoms with Gasteiger partial charge in [0.15, 0.2) is 12.3 Å². The lowest BCUT2D eigenvalue weighted by Gasteiger charge is -2.39. The summed E-state index contributed by atoms with van der Waals surface area (Å²) in [6, 6.07) is 14.4. The second-order valence-electron chi connectivity index (χ2n) is 8.58. The predicted octanol–water partition coefficient (Wildman–Crippen LogP) is -0.117. The van der Waals surface area contributed by atoms with Crippen molar-refractivity contribution in [2.75, 3.05) is 26.9 Å². The molecule has 1 amide bonds. The van der Waals surface area contributed by atoms with Crippen LogP contribution in [-0.4, -0.2) is 96.2 Å². The zero-order valence-corrected chi connectivity index (χ0v) is 19.5. The number of esters is 1.